The van der Waals surface area contributed by atoms with Crippen molar-refractivity contribution >= 4 is 11.5 Å². The lowest BCUT2D eigenvalue weighted by molar-refractivity contribution is -0.384. The molecule has 0 amide bonds. The summed E-state index contributed by atoms with van der Waals surface area (Å²) in [6.45, 7) is 5.09. The fraction of sp³-hybridized carbons (Fsp3) is 0.727. The average Bonchev–Trinajstić information content (AvgIpc) is 2.85. The quantitative estimate of drug-likeness (QED) is 0.650. The van der Waals surface area contributed by atoms with Crippen LogP contribution in [0.2, 0.25) is 0 Å². The van der Waals surface area contributed by atoms with Crippen LogP contribution in [-0.2, 0) is 18.2 Å². The van der Waals surface area contributed by atoms with Crippen molar-refractivity contribution in [3.8, 4) is 0 Å². The first-order valence-electron chi connectivity index (χ1n) is 6.03. The van der Waals surface area contributed by atoms with Gasteiger partial charge in [-0.25, -0.2) is 4.68 Å². The Balaban J connectivity index is 2.37. The fourth-order valence-electron chi connectivity index (χ4n) is 2.19. The molecule has 1 aliphatic rings. The van der Waals surface area contributed by atoms with E-state index in [1.807, 2.05) is 13.8 Å². The van der Waals surface area contributed by atoms with Gasteiger partial charge < -0.3 is 10.1 Å². The molecular weight excluding hydrogens is 236 g/mol. The summed E-state index contributed by atoms with van der Waals surface area (Å²) in [6.07, 6.45) is 1.37. The van der Waals surface area contributed by atoms with E-state index in [2.05, 4.69) is 10.4 Å². The molecule has 1 N–H and O–H groups in total. The highest BCUT2D eigenvalue weighted by Gasteiger charge is 2.35. The van der Waals surface area contributed by atoms with E-state index in [1.54, 1.807) is 11.7 Å². The summed E-state index contributed by atoms with van der Waals surface area (Å²) < 4.78 is 6.89. The van der Waals surface area contributed by atoms with Crippen LogP contribution in [0.25, 0.3) is 0 Å². The molecule has 1 aliphatic heterocycles. The molecule has 1 aromatic rings. The molecule has 1 fully saturated rings. The number of nitro groups is 1. The standard InChI is InChI=1S/C11H18N4O3/c1-4-8-9(15(16)17)10(14(3)13-8)12-11(2)5-6-18-7-11/h12H,4-7H2,1-3H3. The first-order chi connectivity index (χ1) is 8.47. The Kier molecular flexibility index (Phi) is 3.25. The Morgan fingerprint density at radius 2 is 2.39 bits per heavy atom. The largest absolute Gasteiger partial charge is 0.379 e. The summed E-state index contributed by atoms with van der Waals surface area (Å²) in [5, 5.41) is 18.6. The molecule has 18 heavy (non-hydrogen) atoms. The third-order valence-corrected chi connectivity index (χ3v) is 3.25. The van der Waals surface area contributed by atoms with Gasteiger partial charge in [0.15, 0.2) is 0 Å². The van der Waals surface area contributed by atoms with Crippen molar-refractivity contribution in [2.24, 2.45) is 7.05 Å². The maximum atomic E-state index is 11.2. The molecule has 0 spiro atoms. The maximum absolute atomic E-state index is 11.2. The number of aromatic nitrogens is 2. The SMILES string of the molecule is CCc1nn(C)c(NC2(C)CCOC2)c1[N+](=O)[O-]. The van der Waals surface area contributed by atoms with E-state index >= 15 is 0 Å². The van der Waals surface area contributed by atoms with Gasteiger partial charge in [0, 0.05) is 13.7 Å². The van der Waals surface area contributed by atoms with E-state index in [0.29, 0.717) is 31.1 Å². The molecule has 2 rings (SSSR count). The molecule has 100 valence electrons. The average molecular weight is 254 g/mol. The van der Waals surface area contributed by atoms with Crippen LogP contribution in [0.15, 0.2) is 0 Å². The molecule has 0 aromatic carbocycles. The summed E-state index contributed by atoms with van der Waals surface area (Å²) in [7, 11) is 1.72. The second kappa shape index (κ2) is 4.56. The molecule has 0 bridgehead atoms. The number of hydrogen-bond acceptors (Lipinski definition) is 5. The molecule has 1 unspecified atom stereocenters. The second-order valence-electron chi connectivity index (χ2n) is 4.87. The monoisotopic (exact) mass is 254 g/mol. The lowest BCUT2D eigenvalue weighted by atomic mass is 10.0. The van der Waals surface area contributed by atoms with Crippen molar-refractivity contribution in [1.82, 2.24) is 9.78 Å². The minimum atomic E-state index is -0.368. The van der Waals surface area contributed by atoms with E-state index in [0.717, 1.165) is 6.42 Å². The van der Waals surface area contributed by atoms with Gasteiger partial charge in [-0.3, -0.25) is 10.1 Å². The normalized spacial score (nSPS) is 23.3. The molecule has 0 aliphatic carbocycles. The van der Waals surface area contributed by atoms with Gasteiger partial charge >= 0.3 is 5.69 Å². The van der Waals surface area contributed by atoms with Crippen LogP contribution < -0.4 is 5.32 Å². The van der Waals surface area contributed by atoms with Gasteiger partial charge in [0.1, 0.15) is 5.69 Å². The maximum Gasteiger partial charge on any atom is 0.333 e. The van der Waals surface area contributed by atoms with Crippen molar-refractivity contribution in [1.29, 1.82) is 0 Å². The van der Waals surface area contributed by atoms with Crippen LogP contribution >= 0.6 is 0 Å². The Labute approximate surface area is 105 Å². The third-order valence-electron chi connectivity index (χ3n) is 3.25. The van der Waals surface area contributed by atoms with E-state index < -0.39 is 0 Å². The van der Waals surface area contributed by atoms with E-state index in [1.165, 1.54) is 0 Å². The zero-order valence-corrected chi connectivity index (χ0v) is 10.9. The smallest absolute Gasteiger partial charge is 0.333 e. The van der Waals surface area contributed by atoms with E-state index in [-0.39, 0.29) is 16.1 Å². The molecule has 1 aromatic heterocycles. The summed E-state index contributed by atoms with van der Waals surface area (Å²) in [6, 6.07) is 0. The van der Waals surface area contributed by atoms with Gasteiger partial charge in [-0.1, -0.05) is 6.92 Å². The van der Waals surface area contributed by atoms with Crippen LogP contribution in [0.5, 0.6) is 0 Å². The number of rotatable bonds is 4. The Morgan fingerprint density at radius 1 is 1.67 bits per heavy atom. The lowest BCUT2D eigenvalue weighted by Gasteiger charge is -2.24. The topological polar surface area (TPSA) is 82.2 Å². The zero-order valence-electron chi connectivity index (χ0n) is 10.9. The van der Waals surface area contributed by atoms with Gasteiger partial charge in [0.2, 0.25) is 5.82 Å². The van der Waals surface area contributed by atoms with Crippen LogP contribution in [0.1, 0.15) is 26.0 Å². The molecule has 7 heteroatoms. The Bertz CT molecular complexity index is 463. The minimum absolute atomic E-state index is 0.0770. The number of aryl methyl sites for hydroxylation is 2. The molecule has 2 heterocycles. The minimum Gasteiger partial charge on any atom is -0.379 e. The predicted octanol–water partition coefficient (Wildman–Crippen LogP) is 1.48. The number of nitrogens with zero attached hydrogens (tertiary/aromatic N) is 3. The van der Waals surface area contributed by atoms with Crippen molar-refractivity contribution in [2.75, 3.05) is 18.5 Å². The van der Waals surface area contributed by atoms with Gasteiger partial charge in [-0.05, 0) is 19.8 Å². The summed E-state index contributed by atoms with van der Waals surface area (Å²) >= 11 is 0. The van der Waals surface area contributed by atoms with E-state index in [4.69, 9.17) is 4.74 Å². The Morgan fingerprint density at radius 3 is 2.89 bits per heavy atom. The van der Waals surface area contributed by atoms with Crippen molar-refractivity contribution in [3.63, 3.8) is 0 Å². The third kappa shape index (κ3) is 2.17. The first kappa shape index (κ1) is 12.8. The number of nitrogens with one attached hydrogen (secondary N) is 1. The van der Waals surface area contributed by atoms with Gasteiger partial charge in [0.25, 0.3) is 0 Å². The van der Waals surface area contributed by atoms with Crippen LogP contribution in [0.3, 0.4) is 0 Å². The highest BCUT2D eigenvalue weighted by molar-refractivity contribution is 5.61. The highest BCUT2D eigenvalue weighted by atomic mass is 16.6. The van der Waals surface area contributed by atoms with Crippen LogP contribution in [0.4, 0.5) is 11.5 Å². The van der Waals surface area contributed by atoms with Crippen LogP contribution in [-0.4, -0.2) is 33.5 Å². The molecule has 0 saturated carbocycles. The molecule has 1 saturated heterocycles. The number of anilines is 1. The molecule has 0 radical (unpaired) electrons. The highest BCUT2D eigenvalue weighted by Crippen LogP contribution is 2.32. The van der Waals surface area contributed by atoms with Crippen molar-refractivity contribution in [2.45, 2.75) is 32.2 Å². The van der Waals surface area contributed by atoms with Crippen molar-refractivity contribution < 1.29 is 9.66 Å². The first-order valence-corrected chi connectivity index (χ1v) is 6.03. The Hall–Kier alpha value is -1.63. The summed E-state index contributed by atoms with van der Waals surface area (Å²) in [5.41, 5.74) is 0.324. The predicted molar refractivity (Wildman–Crippen MR) is 66.7 cm³/mol. The molecule has 1 atom stereocenters. The molecule has 7 nitrogen and oxygen atoms in total. The van der Waals surface area contributed by atoms with Gasteiger partial charge in [-0.15, -0.1) is 0 Å². The van der Waals surface area contributed by atoms with Gasteiger partial charge in [0.05, 0.1) is 17.1 Å². The van der Waals surface area contributed by atoms with Gasteiger partial charge in [-0.2, -0.15) is 5.10 Å². The number of hydrogen-bond donors (Lipinski definition) is 1. The number of ether oxygens (including phenoxy) is 1. The summed E-state index contributed by atoms with van der Waals surface area (Å²) in [4.78, 5) is 10.8. The van der Waals surface area contributed by atoms with Crippen LogP contribution in [0, 0.1) is 10.1 Å². The lowest BCUT2D eigenvalue weighted by Crippen LogP contribution is -2.36. The summed E-state index contributed by atoms with van der Waals surface area (Å²) in [5.74, 6) is 0.463. The molecular formula is C11H18N4O3. The van der Waals surface area contributed by atoms with E-state index in [9.17, 15) is 10.1 Å². The second-order valence-corrected chi connectivity index (χ2v) is 4.87. The zero-order chi connectivity index (χ0) is 13.3. The van der Waals surface area contributed by atoms with Crippen molar-refractivity contribution in [3.05, 3.63) is 15.8 Å². The fourth-order valence-corrected chi connectivity index (χ4v) is 2.19.